The number of sulfonamides is 1. The lowest BCUT2D eigenvalue weighted by molar-refractivity contribution is -0.122. The highest BCUT2D eigenvalue weighted by atomic mass is 32.2. The van der Waals surface area contributed by atoms with Crippen LogP contribution in [0.25, 0.3) is 0 Å². The first-order chi connectivity index (χ1) is 12.9. The number of benzene rings is 2. The molecule has 2 rings (SSSR count). The van der Waals surface area contributed by atoms with E-state index < -0.39 is 32.7 Å². The molecule has 0 aliphatic carbocycles. The van der Waals surface area contributed by atoms with Crippen LogP contribution in [0, 0.1) is 5.82 Å². The smallest absolute Gasteiger partial charge is 0.244 e. The van der Waals surface area contributed by atoms with Gasteiger partial charge in [0.15, 0.2) is 0 Å². The van der Waals surface area contributed by atoms with Crippen LogP contribution in [0.3, 0.4) is 0 Å². The zero-order valence-electron chi connectivity index (χ0n) is 15.0. The van der Waals surface area contributed by atoms with E-state index in [0.29, 0.717) is 25.1 Å². The van der Waals surface area contributed by atoms with Gasteiger partial charge in [-0.3, -0.25) is 4.79 Å². The van der Waals surface area contributed by atoms with Crippen LogP contribution < -0.4 is 10.0 Å². The van der Waals surface area contributed by atoms with Crippen LogP contribution in [0.2, 0.25) is 0 Å². The Morgan fingerprint density at radius 2 is 1.78 bits per heavy atom. The summed E-state index contributed by atoms with van der Waals surface area (Å²) >= 11 is 1.50. The number of amides is 1. The molecule has 0 bridgehead atoms. The molecule has 2 aromatic rings. The Labute approximate surface area is 163 Å². The number of carbonyl (C=O) groups is 1. The van der Waals surface area contributed by atoms with Gasteiger partial charge in [-0.05, 0) is 42.5 Å². The lowest BCUT2D eigenvalue weighted by Crippen LogP contribution is -2.47. The van der Waals surface area contributed by atoms with Gasteiger partial charge in [0.25, 0.3) is 0 Å². The second kappa shape index (κ2) is 10.4. The van der Waals surface area contributed by atoms with Gasteiger partial charge in [-0.1, -0.05) is 42.5 Å². The molecule has 146 valence electrons. The van der Waals surface area contributed by atoms with Crippen LogP contribution >= 0.6 is 11.8 Å². The summed E-state index contributed by atoms with van der Waals surface area (Å²) in [6.07, 6.45) is 2.82. The number of rotatable bonds is 10. The molecular formula is C19H23FN2O3S2. The second-order valence-electron chi connectivity index (χ2n) is 5.91. The third-order valence-corrected chi connectivity index (χ3v) is 6.06. The lowest BCUT2D eigenvalue weighted by Gasteiger charge is -2.18. The lowest BCUT2D eigenvalue weighted by atomic mass is 10.1. The van der Waals surface area contributed by atoms with Crippen molar-refractivity contribution in [2.24, 2.45) is 0 Å². The van der Waals surface area contributed by atoms with E-state index in [0.717, 1.165) is 11.6 Å². The van der Waals surface area contributed by atoms with Crippen molar-refractivity contribution in [2.45, 2.75) is 23.8 Å². The number of nitrogens with one attached hydrogen (secondary N) is 2. The van der Waals surface area contributed by atoms with Crippen LogP contribution in [-0.2, 0) is 21.2 Å². The zero-order chi connectivity index (χ0) is 19.7. The maximum atomic E-state index is 13.9. The molecule has 0 aliphatic heterocycles. The van der Waals surface area contributed by atoms with Crippen molar-refractivity contribution < 1.29 is 17.6 Å². The van der Waals surface area contributed by atoms with Gasteiger partial charge in [-0.15, -0.1) is 0 Å². The summed E-state index contributed by atoms with van der Waals surface area (Å²) in [4.78, 5) is 12.0. The van der Waals surface area contributed by atoms with Crippen molar-refractivity contribution in [1.82, 2.24) is 10.0 Å². The Bertz CT molecular complexity index is 845. The summed E-state index contributed by atoms with van der Waals surface area (Å²) < 4.78 is 41.2. The molecule has 0 aliphatic rings. The molecule has 0 fully saturated rings. The first-order valence-corrected chi connectivity index (χ1v) is 11.4. The quantitative estimate of drug-likeness (QED) is 0.631. The summed E-state index contributed by atoms with van der Waals surface area (Å²) in [7, 11) is -4.14. The highest BCUT2D eigenvalue weighted by molar-refractivity contribution is 7.98. The van der Waals surface area contributed by atoms with Gasteiger partial charge in [-0.2, -0.15) is 16.5 Å². The maximum absolute atomic E-state index is 13.9. The van der Waals surface area contributed by atoms with Crippen molar-refractivity contribution in [2.75, 3.05) is 18.6 Å². The van der Waals surface area contributed by atoms with E-state index in [2.05, 4.69) is 10.0 Å². The van der Waals surface area contributed by atoms with Crippen molar-refractivity contribution in [3.63, 3.8) is 0 Å². The van der Waals surface area contributed by atoms with E-state index in [9.17, 15) is 17.6 Å². The molecule has 1 unspecified atom stereocenters. The Kier molecular flexibility index (Phi) is 8.27. The molecule has 1 atom stereocenters. The highest BCUT2D eigenvalue weighted by Crippen LogP contribution is 2.15. The number of hydrogen-bond acceptors (Lipinski definition) is 4. The molecule has 8 heteroatoms. The summed E-state index contributed by atoms with van der Waals surface area (Å²) in [6, 6.07) is 13.8. The molecule has 0 heterocycles. The monoisotopic (exact) mass is 410 g/mol. The molecule has 0 saturated heterocycles. The molecule has 0 aromatic heterocycles. The standard InChI is InChI=1S/C19H23FN2O3S2/c1-26-14-12-17(19(23)21-13-11-15-7-3-2-4-8-15)22-27(24,25)18-10-6-5-9-16(18)20/h2-10,17,22H,11-14H2,1H3,(H,21,23). The summed E-state index contributed by atoms with van der Waals surface area (Å²) in [5, 5.41) is 2.76. The molecule has 0 spiro atoms. The molecule has 0 radical (unpaired) electrons. The highest BCUT2D eigenvalue weighted by Gasteiger charge is 2.27. The largest absolute Gasteiger partial charge is 0.354 e. The molecule has 0 saturated carbocycles. The average molecular weight is 411 g/mol. The number of thioether (sulfide) groups is 1. The SMILES string of the molecule is CSCCC(NS(=O)(=O)c1ccccc1F)C(=O)NCCc1ccccc1. The van der Waals surface area contributed by atoms with Gasteiger partial charge in [0.1, 0.15) is 16.8 Å². The normalized spacial score (nSPS) is 12.5. The van der Waals surface area contributed by atoms with Gasteiger partial charge in [0.2, 0.25) is 15.9 Å². The Hall–Kier alpha value is -1.90. The van der Waals surface area contributed by atoms with Crippen LogP contribution in [0.1, 0.15) is 12.0 Å². The first kappa shape index (κ1) is 21.4. The predicted molar refractivity (Wildman–Crippen MR) is 107 cm³/mol. The van der Waals surface area contributed by atoms with Crippen molar-refractivity contribution in [3.05, 3.63) is 66.0 Å². The van der Waals surface area contributed by atoms with Gasteiger partial charge >= 0.3 is 0 Å². The van der Waals surface area contributed by atoms with Crippen LogP contribution in [0.5, 0.6) is 0 Å². The number of carbonyl (C=O) groups excluding carboxylic acids is 1. The summed E-state index contributed by atoms with van der Waals surface area (Å²) in [6.45, 7) is 0.389. The fourth-order valence-corrected chi connectivity index (χ4v) is 4.27. The van der Waals surface area contributed by atoms with E-state index in [1.807, 2.05) is 36.6 Å². The van der Waals surface area contributed by atoms with Crippen LogP contribution in [-0.4, -0.2) is 38.9 Å². The van der Waals surface area contributed by atoms with Gasteiger partial charge in [-0.25, -0.2) is 12.8 Å². The maximum Gasteiger partial charge on any atom is 0.244 e. The fraction of sp³-hybridized carbons (Fsp3) is 0.316. The van der Waals surface area contributed by atoms with Crippen LogP contribution in [0.4, 0.5) is 4.39 Å². The fourth-order valence-electron chi connectivity index (χ4n) is 2.49. The van der Waals surface area contributed by atoms with Gasteiger partial charge in [0.05, 0.1) is 0 Å². The van der Waals surface area contributed by atoms with E-state index in [4.69, 9.17) is 0 Å². The Balaban J connectivity index is 2.03. The van der Waals surface area contributed by atoms with Crippen molar-refractivity contribution >= 4 is 27.7 Å². The molecule has 5 nitrogen and oxygen atoms in total. The van der Waals surface area contributed by atoms with Gasteiger partial charge < -0.3 is 5.32 Å². The topological polar surface area (TPSA) is 75.3 Å². The first-order valence-electron chi connectivity index (χ1n) is 8.51. The van der Waals surface area contributed by atoms with E-state index in [1.54, 1.807) is 0 Å². The van der Waals surface area contributed by atoms with Gasteiger partial charge in [0, 0.05) is 6.54 Å². The van der Waals surface area contributed by atoms with Crippen molar-refractivity contribution in [3.8, 4) is 0 Å². The van der Waals surface area contributed by atoms with E-state index >= 15 is 0 Å². The molecule has 1 amide bonds. The minimum atomic E-state index is -4.14. The zero-order valence-corrected chi connectivity index (χ0v) is 16.7. The molecule has 2 N–H and O–H groups in total. The second-order valence-corrected chi connectivity index (χ2v) is 8.58. The summed E-state index contributed by atoms with van der Waals surface area (Å²) in [5.41, 5.74) is 1.07. The minimum absolute atomic E-state index is 0.312. The number of halogens is 1. The Morgan fingerprint density at radius 3 is 2.44 bits per heavy atom. The van der Waals surface area contributed by atoms with Crippen molar-refractivity contribution in [1.29, 1.82) is 0 Å². The van der Waals surface area contributed by atoms with Crippen LogP contribution in [0.15, 0.2) is 59.5 Å². The molecule has 27 heavy (non-hydrogen) atoms. The Morgan fingerprint density at radius 1 is 1.11 bits per heavy atom. The minimum Gasteiger partial charge on any atom is -0.354 e. The molecule has 2 aromatic carbocycles. The third kappa shape index (κ3) is 6.64. The van der Waals surface area contributed by atoms with E-state index in [-0.39, 0.29) is 0 Å². The third-order valence-electron chi connectivity index (χ3n) is 3.91. The molecular weight excluding hydrogens is 387 g/mol. The summed E-state index contributed by atoms with van der Waals surface area (Å²) in [5.74, 6) is -0.672. The average Bonchev–Trinajstić information content (AvgIpc) is 2.66. The van der Waals surface area contributed by atoms with E-state index in [1.165, 1.54) is 30.0 Å². The predicted octanol–water partition coefficient (Wildman–Crippen LogP) is 2.58. The number of hydrogen-bond donors (Lipinski definition) is 2.